The maximum Gasteiger partial charge on any atom is 0.333 e. The van der Waals surface area contributed by atoms with Gasteiger partial charge < -0.3 is 0 Å². The van der Waals surface area contributed by atoms with Gasteiger partial charge >= 0.3 is 5.69 Å². The minimum Gasteiger partial charge on any atom is -0.293 e. The Bertz CT molecular complexity index is 1770. The zero-order valence-corrected chi connectivity index (χ0v) is 19.3. The molecule has 0 unspecified atom stereocenters. The number of benzene rings is 1. The van der Waals surface area contributed by atoms with Crippen molar-refractivity contribution in [2.24, 2.45) is 14.1 Å². The first-order valence-electron chi connectivity index (χ1n) is 10.9. The van der Waals surface area contributed by atoms with Gasteiger partial charge in [0.1, 0.15) is 11.6 Å². The Kier molecular flexibility index (Phi) is 4.28. The van der Waals surface area contributed by atoms with Crippen LogP contribution in [0.25, 0.3) is 44.6 Å². The van der Waals surface area contributed by atoms with E-state index in [1.165, 1.54) is 0 Å². The van der Waals surface area contributed by atoms with E-state index in [1.54, 1.807) is 33.3 Å². The third-order valence-electron chi connectivity index (χ3n) is 6.27. The topological polar surface area (TPSA) is 88.4 Å². The molecule has 0 aliphatic carbocycles. The number of nitrogens with zero attached hydrogens (tertiary/aromatic N) is 8. The van der Waals surface area contributed by atoms with Crippen LogP contribution in [-0.4, -0.2) is 38.4 Å². The van der Waals surface area contributed by atoms with Gasteiger partial charge in [-0.15, -0.1) is 0 Å². The molecule has 0 atom stereocenters. The van der Waals surface area contributed by atoms with Gasteiger partial charge in [-0.1, -0.05) is 6.07 Å². The van der Waals surface area contributed by atoms with Gasteiger partial charge in [0.25, 0.3) is 0 Å². The second-order valence-corrected chi connectivity index (χ2v) is 8.42. The van der Waals surface area contributed by atoms with Gasteiger partial charge in [0, 0.05) is 49.8 Å². The van der Waals surface area contributed by atoms with Crippen molar-refractivity contribution in [1.82, 2.24) is 38.4 Å². The summed E-state index contributed by atoms with van der Waals surface area (Å²) in [5, 5.41) is 5.34. The Hall–Kier alpha value is -4.53. The molecule has 0 spiro atoms. The van der Waals surface area contributed by atoms with Crippen LogP contribution in [0.3, 0.4) is 0 Å². The Morgan fingerprint density at radius 3 is 2.41 bits per heavy atom. The van der Waals surface area contributed by atoms with E-state index >= 15 is 0 Å². The molecule has 5 aromatic heterocycles. The standard InChI is InChI=1S/C25H22N8O/c1-15-22(14-30(3)29-15)33-24-19-11-17(5-7-20(19)27-13-21(24)31(4)25(33)34)18-6-8-23(28-12-18)32-10-9-26-16(32)2/h5-14H,1-4H3. The first kappa shape index (κ1) is 20.1. The van der Waals surface area contributed by atoms with Crippen LogP contribution in [0.2, 0.25) is 0 Å². The summed E-state index contributed by atoms with van der Waals surface area (Å²) in [4.78, 5) is 26.8. The molecular weight excluding hydrogens is 428 g/mol. The normalized spacial score (nSPS) is 11.6. The number of hydrogen-bond acceptors (Lipinski definition) is 5. The molecule has 5 heterocycles. The average Bonchev–Trinajstić information content (AvgIpc) is 3.49. The summed E-state index contributed by atoms with van der Waals surface area (Å²) in [5.74, 6) is 1.69. The highest BCUT2D eigenvalue weighted by atomic mass is 16.1. The zero-order valence-electron chi connectivity index (χ0n) is 19.3. The van der Waals surface area contributed by atoms with Crippen LogP contribution in [0.1, 0.15) is 11.5 Å². The molecule has 0 N–H and O–H groups in total. The van der Waals surface area contributed by atoms with Crippen LogP contribution < -0.4 is 5.69 Å². The molecule has 0 saturated heterocycles. The lowest BCUT2D eigenvalue weighted by Crippen LogP contribution is -2.21. The molecule has 0 saturated carbocycles. The van der Waals surface area contributed by atoms with Crippen molar-refractivity contribution in [3.05, 3.63) is 83.3 Å². The van der Waals surface area contributed by atoms with Crippen LogP contribution in [0.4, 0.5) is 0 Å². The van der Waals surface area contributed by atoms with Gasteiger partial charge in [0.2, 0.25) is 0 Å². The first-order valence-corrected chi connectivity index (χ1v) is 10.9. The molecule has 0 amide bonds. The Morgan fingerprint density at radius 2 is 1.74 bits per heavy atom. The first-order chi connectivity index (χ1) is 16.4. The number of aromatic nitrogens is 8. The molecule has 0 fully saturated rings. The van der Waals surface area contributed by atoms with Crippen molar-refractivity contribution in [3.63, 3.8) is 0 Å². The Morgan fingerprint density at radius 1 is 0.912 bits per heavy atom. The van der Waals surface area contributed by atoms with Gasteiger partial charge in [0.15, 0.2) is 0 Å². The average molecular weight is 451 g/mol. The molecule has 9 nitrogen and oxygen atoms in total. The lowest BCUT2D eigenvalue weighted by atomic mass is 10.0. The molecule has 6 aromatic rings. The summed E-state index contributed by atoms with van der Waals surface area (Å²) < 4.78 is 7.02. The maximum atomic E-state index is 13.3. The summed E-state index contributed by atoms with van der Waals surface area (Å²) in [7, 11) is 3.62. The van der Waals surface area contributed by atoms with Crippen molar-refractivity contribution in [2.45, 2.75) is 13.8 Å². The third kappa shape index (κ3) is 2.90. The number of hydrogen-bond donors (Lipinski definition) is 0. The van der Waals surface area contributed by atoms with Crippen LogP contribution >= 0.6 is 0 Å². The van der Waals surface area contributed by atoms with Crippen molar-refractivity contribution >= 4 is 21.9 Å². The second-order valence-electron chi connectivity index (χ2n) is 8.42. The van der Waals surface area contributed by atoms with Crippen molar-refractivity contribution in [2.75, 3.05) is 0 Å². The minimum absolute atomic E-state index is 0.132. The highest BCUT2D eigenvalue weighted by Crippen LogP contribution is 2.30. The van der Waals surface area contributed by atoms with Gasteiger partial charge in [-0.25, -0.2) is 14.8 Å². The van der Waals surface area contributed by atoms with Crippen LogP contribution in [0.15, 0.2) is 66.1 Å². The molecule has 6 rings (SSSR count). The highest BCUT2D eigenvalue weighted by molar-refractivity contribution is 6.04. The van der Waals surface area contributed by atoms with Crippen LogP contribution in [0.5, 0.6) is 0 Å². The summed E-state index contributed by atoms with van der Waals surface area (Å²) in [5.41, 5.74) is 5.78. The molecule has 1 aromatic carbocycles. The fourth-order valence-corrected chi connectivity index (χ4v) is 4.53. The quantitative estimate of drug-likeness (QED) is 0.412. The number of imidazole rings is 2. The van der Waals surface area contributed by atoms with Gasteiger partial charge in [-0.3, -0.25) is 23.4 Å². The summed E-state index contributed by atoms with van der Waals surface area (Å²) >= 11 is 0. The van der Waals surface area contributed by atoms with Crippen molar-refractivity contribution in [1.29, 1.82) is 0 Å². The van der Waals surface area contributed by atoms with E-state index in [2.05, 4.69) is 26.1 Å². The SMILES string of the molecule is Cc1nn(C)cc1-n1c(=O)n(C)c2cnc3ccc(-c4ccc(-n5ccnc5C)nc4)cc3c21. The van der Waals surface area contributed by atoms with Gasteiger partial charge in [-0.05, 0) is 43.7 Å². The van der Waals surface area contributed by atoms with E-state index in [1.807, 2.05) is 68.3 Å². The largest absolute Gasteiger partial charge is 0.333 e. The molecular formula is C25H22N8O. The van der Waals surface area contributed by atoms with Gasteiger partial charge in [0.05, 0.1) is 34.1 Å². The summed E-state index contributed by atoms with van der Waals surface area (Å²) in [6.07, 6.45) is 9.13. The predicted molar refractivity (Wildman–Crippen MR) is 130 cm³/mol. The van der Waals surface area contributed by atoms with Gasteiger partial charge in [-0.2, -0.15) is 5.10 Å². The van der Waals surface area contributed by atoms with E-state index in [0.29, 0.717) is 0 Å². The summed E-state index contributed by atoms with van der Waals surface area (Å²) in [6, 6.07) is 10.1. The van der Waals surface area contributed by atoms with E-state index < -0.39 is 0 Å². The third-order valence-corrected chi connectivity index (χ3v) is 6.27. The zero-order chi connectivity index (χ0) is 23.6. The number of fused-ring (bicyclic) bond motifs is 3. The number of rotatable bonds is 3. The molecule has 34 heavy (non-hydrogen) atoms. The smallest absolute Gasteiger partial charge is 0.293 e. The molecule has 0 aliphatic rings. The molecule has 168 valence electrons. The fraction of sp³-hybridized carbons (Fsp3) is 0.160. The lowest BCUT2D eigenvalue weighted by molar-refractivity contribution is 0.756. The molecule has 9 heteroatoms. The van der Waals surface area contributed by atoms with E-state index in [-0.39, 0.29) is 5.69 Å². The lowest BCUT2D eigenvalue weighted by Gasteiger charge is -2.09. The van der Waals surface area contributed by atoms with E-state index in [4.69, 9.17) is 0 Å². The number of aryl methyl sites for hydroxylation is 4. The highest BCUT2D eigenvalue weighted by Gasteiger charge is 2.19. The molecule has 0 bridgehead atoms. The van der Waals surface area contributed by atoms with Crippen LogP contribution in [0, 0.1) is 13.8 Å². The molecule has 0 radical (unpaired) electrons. The predicted octanol–water partition coefficient (Wildman–Crippen LogP) is 3.48. The van der Waals surface area contributed by atoms with E-state index in [9.17, 15) is 4.79 Å². The van der Waals surface area contributed by atoms with E-state index in [0.717, 1.165) is 56.1 Å². The Labute approximate surface area is 194 Å². The Balaban J connectivity index is 1.57. The second kappa shape index (κ2) is 7.24. The maximum absolute atomic E-state index is 13.3. The fourth-order valence-electron chi connectivity index (χ4n) is 4.53. The van der Waals surface area contributed by atoms with Crippen molar-refractivity contribution < 1.29 is 0 Å². The molecule has 0 aliphatic heterocycles. The van der Waals surface area contributed by atoms with Crippen LogP contribution in [-0.2, 0) is 14.1 Å². The minimum atomic E-state index is -0.132. The number of pyridine rings is 2. The van der Waals surface area contributed by atoms with Crippen molar-refractivity contribution in [3.8, 4) is 22.6 Å². The summed E-state index contributed by atoms with van der Waals surface area (Å²) in [6.45, 7) is 3.85. The monoisotopic (exact) mass is 450 g/mol.